The lowest BCUT2D eigenvalue weighted by atomic mass is 9.89. The summed E-state index contributed by atoms with van der Waals surface area (Å²) in [5.74, 6) is 0.990. The molecule has 0 radical (unpaired) electrons. The summed E-state index contributed by atoms with van der Waals surface area (Å²) in [7, 11) is 4.52. The zero-order valence-corrected chi connectivity index (χ0v) is 21.5. The highest BCUT2D eigenvalue weighted by atomic mass is 16.7. The molecule has 0 spiro atoms. The van der Waals surface area contributed by atoms with Crippen molar-refractivity contribution in [1.82, 2.24) is 0 Å². The van der Waals surface area contributed by atoms with Crippen molar-refractivity contribution >= 4 is 17.3 Å². The second-order valence-corrected chi connectivity index (χ2v) is 8.22. The normalized spacial score (nSPS) is 12.4. The fourth-order valence-corrected chi connectivity index (χ4v) is 4.20. The number of Topliss-reactive ketones (excluding diaryl/α,β-unsaturated/α-hetero) is 1. The van der Waals surface area contributed by atoms with E-state index in [1.807, 2.05) is 6.92 Å². The average Bonchev–Trinajstić information content (AvgIpc) is 3.41. The van der Waals surface area contributed by atoms with E-state index in [-0.39, 0.29) is 24.4 Å². The molecule has 0 saturated carbocycles. The Kier molecular flexibility index (Phi) is 8.06. The third-order valence-corrected chi connectivity index (χ3v) is 5.99. The number of carbonyl (C=O) groups excluding carboxylic acids is 1. The summed E-state index contributed by atoms with van der Waals surface area (Å²) in [5, 5.41) is 10.3. The van der Waals surface area contributed by atoms with Gasteiger partial charge in [0, 0.05) is 17.6 Å². The van der Waals surface area contributed by atoms with Gasteiger partial charge in [-0.25, -0.2) is 4.79 Å². The molecule has 0 aliphatic carbocycles. The van der Waals surface area contributed by atoms with Gasteiger partial charge in [-0.2, -0.15) is 0 Å². The fraction of sp³-hybridized carbons (Fsp3) is 0.241. The highest BCUT2D eigenvalue weighted by Gasteiger charge is 2.27. The molecule has 1 aliphatic rings. The minimum absolute atomic E-state index is 0.0277. The standard InChI is InChI=1S/C29H28O9/c1-5-36-28-24(34-3)13-17(14-25(28)35-4)12-21(27(30)18-6-9-20(33-2)10-7-18)26(29(31)32)19-8-11-22-23(15-19)38-16-37-22/h6-11,13-15H,5,12,16H2,1-4H3,(H,31,32). The number of aliphatic carboxylic acids is 1. The van der Waals surface area contributed by atoms with Crippen LogP contribution in [0.15, 0.2) is 60.2 Å². The predicted octanol–water partition coefficient (Wildman–Crippen LogP) is 4.80. The maximum atomic E-state index is 13.9. The number of methoxy groups -OCH3 is 3. The van der Waals surface area contributed by atoms with Crippen LogP contribution in [-0.2, 0) is 11.2 Å². The number of ether oxygens (including phenoxy) is 6. The minimum atomic E-state index is -1.26. The number of carboxylic acids is 1. The molecular formula is C29H28O9. The number of carbonyl (C=O) groups is 2. The summed E-state index contributed by atoms with van der Waals surface area (Å²) >= 11 is 0. The third kappa shape index (κ3) is 5.36. The lowest BCUT2D eigenvalue weighted by molar-refractivity contribution is -0.130. The maximum Gasteiger partial charge on any atom is 0.336 e. The Labute approximate surface area is 220 Å². The van der Waals surface area contributed by atoms with Gasteiger partial charge < -0.3 is 33.5 Å². The molecule has 198 valence electrons. The van der Waals surface area contributed by atoms with Crippen molar-refractivity contribution in [3.63, 3.8) is 0 Å². The zero-order chi connectivity index (χ0) is 27.2. The zero-order valence-electron chi connectivity index (χ0n) is 21.5. The molecule has 1 heterocycles. The Bertz CT molecular complexity index is 1350. The highest BCUT2D eigenvalue weighted by Crippen LogP contribution is 2.40. The smallest absolute Gasteiger partial charge is 0.336 e. The Hall–Kier alpha value is -4.66. The molecule has 38 heavy (non-hydrogen) atoms. The molecule has 3 aromatic carbocycles. The Balaban J connectivity index is 1.89. The van der Waals surface area contributed by atoms with Gasteiger partial charge in [-0.05, 0) is 66.6 Å². The van der Waals surface area contributed by atoms with Crippen molar-refractivity contribution in [2.75, 3.05) is 34.7 Å². The van der Waals surface area contributed by atoms with Gasteiger partial charge in [0.15, 0.2) is 28.8 Å². The van der Waals surface area contributed by atoms with Gasteiger partial charge in [0.25, 0.3) is 0 Å². The summed E-state index contributed by atoms with van der Waals surface area (Å²) < 4.78 is 32.7. The Morgan fingerprint density at radius 2 is 1.47 bits per heavy atom. The molecule has 1 aliphatic heterocycles. The predicted molar refractivity (Wildman–Crippen MR) is 139 cm³/mol. The molecule has 0 aromatic heterocycles. The summed E-state index contributed by atoms with van der Waals surface area (Å²) in [6.45, 7) is 2.26. The van der Waals surface area contributed by atoms with E-state index in [0.29, 0.717) is 57.8 Å². The molecule has 4 rings (SSSR count). The topological polar surface area (TPSA) is 110 Å². The first-order chi connectivity index (χ1) is 18.4. The highest BCUT2D eigenvalue weighted by molar-refractivity contribution is 6.26. The van der Waals surface area contributed by atoms with Gasteiger partial charge in [0.2, 0.25) is 12.5 Å². The summed E-state index contributed by atoms with van der Waals surface area (Å²) in [6, 6.07) is 14.7. The maximum absolute atomic E-state index is 13.9. The van der Waals surface area contributed by atoms with Gasteiger partial charge in [0.1, 0.15) is 5.75 Å². The van der Waals surface area contributed by atoms with Crippen LogP contribution in [-0.4, -0.2) is 51.6 Å². The van der Waals surface area contributed by atoms with Crippen LogP contribution in [0, 0.1) is 0 Å². The van der Waals surface area contributed by atoms with Gasteiger partial charge >= 0.3 is 5.97 Å². The van der Waals surface area contributed by atoms with E-state index in [9.17, 15) is 14.7 Å². The van der Waals surface area contributed by atoms with Crippen LogP contribution in [0.25, 0.3) is 5.57 Å². The molecule has 1 N–H and O–H groups in total. The Morgan fingerprint density at radius 1 is 0.842 bits per heavy atom. The lowest BCUT2D eigenvalue weighted by Crippen LogP contribution is -2.14. The molecular weight excluding hydrogens is 492 g/mol. The molecule has 0 bridgehead atoms. The van der Waals surface area contributed by atoms with E-state index >= 15 is 0 Å². The summed E-state index contributed by atoms with van der Waals surface area (Å²) in [4.78, 5) is 26.6. The molecule has 3 aromatic rings. The number of ketones is 1. The van der Waals surface area contributed by atoms with E-state index in [1.54, 1.807) is 54.6 Å². The van der Waals surface area contributed by atoms with Crippen LogP contribution < -0.4 is 28.4 Å². The van der Waals surface area contributed by atoms with E-state index in [2.05, 4.69) is 0 Å². The minimum Gasteiger partial charge on any atom is -0.497 e. The number of benzene rings is 3. The van der Waals surface area contributed by atoms with Gasteiger partial charge in [0.05, 0.1) is 33.5 Å². The number of hydrogen-bond donors (Lipinski definition) is 1. The number of allylic oxidation sites excluding steroid dienone is 1. The molecule has 9 nitrogen and oxygen atoms in total. The second kappa shape index (κ2) is 11.6. The summed E-state index contributed by atoms with van der Waals surface area (Å²) in [6.07, 6.45) is -0.0277. The van der Waals surface area contributed by atoms with Crippen molar-refractivity contribution in [3.8, 4) is 34.5 Å². The first-order valence-electron chi connectivity index (χ1n) is 11.8. The SMILES string of the molecule is CCOc1c(OC)cc(CC(C(=O)c2ccc(OC)cc2)=C(C(=O)O)c2ccc3c(c2)OCO3)cc1OC. The van der Waals surface area contributed by atoms with Crippen LogP contribution in [0.2, 0.25) is 0 Å². The van der Waals surface area contributed by atoms with Crippen LogP contribution >= 0.6 is 0 Å². The fourth-order valence-electron chi connectivity index (χ4n) is 4.20. The van der Waals surface area contributed by atoms with Crippen molar-refractivity contribution in [3.05, 3.63) is 76.9 Å². The molecule has 0 unspecified atom stereocenters. The van der Waals surface area contributed by atoms with Crippen molar-refractivity contribution < 1.29 is 43.1 Å². The lowest BCUT2D eigenvalue weighted by Gasteiger charge is -2.17. The number of carboxylic acid groups (broad SMARTS) is 1. The number of rotatable bonds is 11. The Morgan fingerprint density at radius 3 is 2.05 bits per heavy atom. The van der Waals surface area contributed by atoms with Crippen molar-refractivity contribution in [2.45, 2.75) is 13.3 Å². The molecule has 0 saturated heterocycles. The molecule has 0 fully saturated rings. The van der Waals surface area contributed by atoms with Crippen LogP contribution in [0.1, 0.15) is 28.4 Å². The number of hydrogen-bond acceptors (Lipinski definition) is 8. The van der Waals surface area contributed by atoms with E-state index < -0.39 is 11.8 Å². The molecule has 0 atom stereocenters. The summed E-state index contributed by atoms with van der Waals surface area (Å²) in [5.41, 5.74) is 1.12. The van der Waals surface area contributed by atoms with E-state index in [1.165, 1.54) is 21.3 Å². The van der Waals surface area contributed by atoms with Crippen molar-refractivity contribution in [1.29, 1.82) is 0 Å². The van der Waals surface area contributed by atoms with Crippen molar-refractivity contribution in [2.24, 2.45) is 0 Å². The second-order valence-electron chi connectivity index (χ2n) is 8.22. The van der Waals surface area contributed by atoms with E-state index in [0.717, 1.165) is 0 Å². The molecule has 0 amide bonds. The quantitative estimate of drug-likeness (QED) is 0.281. The average molecular weight is 521 g/mol. The van der Waals surface area contributed by atoms with Crippen LogP contribution in [0.3, 0.4) is 0 Å². The first-order valence-corrected chi connectivity index (χ1v) is 11.8. The molecule has 9 heteroatoms. The largest absolute Gasteiger partial charge is 0.497 e. The first kappa shape index (κ1) is 26.4. The van der Waals surface area contributed by atoms with Gasteiger partial charge in [-0.15, -0.1) is 0 Å². The van der Waals surface area contributed by atoms with Crippen LogP contribution in [0.4, 0.5) is 0 Å². The van der Waals surface area contributed by atoms with Gasteiger partial charge in [-0.1, -0.05) is 6.07 Å². The number of fused-ring (bicyclic) bond motifs is 1. The van der Waals surface area contributed by atoms with Crippen LogP contribution in [0.5, 0.6) is 34.5 Å². The van der Waals surface area contributed by atoms with E-state index in [4.69, 9.17) is 28.4 Å². The van der Waals surface area contributed by atoms with Gasteiger partial charge in [-0.3, -0.25) is 4.79 Å². The monoisotopic (exact) mass is 520 g/mol. The third-order valence-electron chi connectivity index (χ3n) is 5.99.